The number of aryl methyl sites for hydroxylation is 1. The highest BCUT2D eigenvalue weighted by atomic mass is 32.1. The van der Waals surface area contributed by atoms with Gasteiger partial charge in [0, 0.05) is 10.6 Å². The summed E-state index contributed by atoms with van der Waals surface area (Å²) in [5.74, 6) is -0.190. The van der Waals surface area contributed by atoms with Crippen LogP contribution in [0.3, 0.4) is 0 Å². The number of carbonyl (C=O) groups excluding carboxylic acids is 1. The van der Waals surface area contributed by atoms with Gasteiger partial charge in [0.15, 0.2) is 4.83 Å². The molecule has 1 aliphatic carbocycles. The van der Waals surface area contributed by atoms with E-state index < -0.39 is 5.91 Å². The molecule has 0 spiro atoms. The van der Waals surface area contributed by atoms with Crippen molar-refractivity contribution in [3.63, 3.8) is 0 Å². The number of hydrogen-bond acceptors (Lipinski definition) is 5. The summed E-state index contributed by atoms with van der Waals surface area (Å²) < 4.78 is 14.0. The Bertz CT molecular complexity index is 1040. The van der Waals surface area contributed by atoms with E-state index in [1.54, 1.807) is 0 Å². The number of nitrogens with zero attached hydrogens (tertiary/aromatic N) is 3. The van der Waals surface area contributed by atoms with Crippen molar-refractivity contribution in [1.29, 1.82) is 0 Å². The Labute approximate surface area is 152 Å². The van der Waals surface area contributed by atoms with Crippen LogP contribution in [0, 0.1) is 11.7 Å². The second-order valence-electron chi connectivity index (χ2n) is 6.64. The molecule has 0 saturated carbocycles. The van der Waals surface area contributed by atoms with Gasteiger partial charge in [0.25, 0.3) is 5.56 Å². The molecule has 134 valence electrons. The van der Waals surface area contributed by atoms with Crippen molar-refractivity contribution in [2.45, 2.75) is 32.7 Å². The molecule has 4 rings (SSSR count). The number of amides is 1. The first-order valence-electron chi connectivity index (χ1n) is 8.44. The fourth-order valence-electron chi connectivity index (χ4n) is 3.26. The molecule has 1 N–H and O–H groups in total. The number of thiophene rings is 1. The minimum absolute atomic E-state index is 0.236. The summed E-state index contributed by atoms with van der Waals surface area (Å²) in [6.07, 6.45) is 2.87. The summed E-state index contributed by atoms with van der Waals surface area (Å²) in [6.45, 7) is 1.97. The van der Waals surface area contributed by atoms with E-state index in [0.717, 1.165) is 29.5 Å². The lowest BCUT2D eigenvalue weighted by Crippen LogP contribution is -2.30. The average Bonchev–Trinajstić information content (AvgIpc) is 2.97. The van der Waals surface area contributed by atoms with E-state index in [0.29, 0.717) is 21.8 Å². The van der Waals surface area contributed by atoms with Crippen molar-refractivity contribution in [1.82, 2.24) is 15.0 Å². The molecule has 6 nitrogen and oxygen atoms in total. The fraction of sp³-hybridized carbons (Fsp3) is 0.333. The van der Waals surface area contributed by atoms with Gasteiger partial charge >= 0.3 is 0 Å². The molecule has 8 heteroatoms. The summed E-state index contributed by atoms with van der Waals surface area (Å²) in [7, 11) is 0. The molecule has 0 aliphatic heterocycles. The first-order valence-corrected chi connectivity index (χ1v) is 9.26. The van der Waals surface area contributed by atoms with Gasteiger partial charge in [-0.1, -0.05) is 12.1 Å². The van der Waals surface area contributed by atoms with Gasteiger partial charge in [-0.2, -0.15) is 0 Å². The number of fused-ring (bicyclic) bond motifs is 3. The smallest absolute Gasteiger partial charge is 0.279 e. The molecular weight excluding hydrogens is 355 g/mol. The predicted octanol–water partition coefficient (Wildman–Crippen LogP) is 2.76. The van der Waals surface area contributed by atoms with Gasteiger partial charge in [0.1, 0.15) is 12.4 Å². The van der Waals surface area contributed by atoms with Gasteiger partial charge in [0.2, 0.25) is 5.91 Å². The predicted molar refractivity (Wildman–Crippen MR) is 97.9 cm³/mol. The van der Waals surface area contributed by atoms with E-state index in [9.17, 15) is 14.0 Å². The molecule has 1 aromatic carbocycles. The number of benzene rings is 1. The number of anilines is 1. The SMILES string of the molecule is CC1CCc2c(sc3nnn(CC(=O)Nc4ccc(F)cc4)c(=O)c23)C1. The maximum Gasteiger partial charge on any atom is 0.279 e. The van der Waals surface area contributed by atoms with Gasteiger partial charge in [-0.15, -0.1) is 16.4 Å². The highest BCUT2D eigenvalue weighted by Gasteiger charge is 2.24. The molecule has 1 amide bonds. The van der Waals surface area contributed by atoms with Crippen LogP contribution in [0.1, 0.15) is 23.8 Å². The van der Waals surface area contributed by atoms with Gasteiger partial charge < -0.3 is 5.32 Å². The number of aromatic nitrogens is 3. The molecule has 1 aliphatic rings. The summed E-state index contributed by atoms with van der Waals surface area (Å²) in [4.78, 5) is 26.9. The van der Waals surface area contributed by atoms with Crippen LogP contribution < -0.4 is 10.9 Å². The van der Waals surface area contributed by atoms with E-state index in [1.165, 1.54) is 40.5 Å². The maximum absolute atomic E-state index is 12.9. The Kier molecular flexibility index (Phi) is 4.28. The zero-order valence-corrected chi connectivity index (χ0v) is 15.0. The lowest BCUT2D eigenvalue weighted by atomic mass is 9.89. The molecule has 1 atom stereocenters. The van der Waals surface area contributed by atoms with E-state index in [2.05, 4.69) is 22.6 Å². The third-order valence-electron chi connectivity index (χ3n) is 4.61. The van der Waals surface area contributed by atoms with Crippen LogP contribution in [0.15, 0.2) is 29.1 Å². The third kappa shape index (κ3) is 3.12. The standard InChI is InChI=1S/C18H17FN4O2S/c1-10-2-7-13-14(8-10)26-17-16(13)18(25)23(22-21-17)9-15(24)20-12-5-3-11(19)4-6-12/h3-6,10H,2,7-9H2,1H3,(H,20,24). The van der Waals surface area contributed by atoms with Crippen molar-refractivity contribution in [2.24, 2.45) is 5.92 Å². The first-order chi connectivity index (χ1) is 12.5. The third-order valence-corrected chi connectivity index (χ3v) is 5.74. The van der Waals surface area contributed by atoms with E-state index >= 15 is 0 Å². The van der Waals surface area contributed by atoms with E-state index in [-0.39, 0.29) is 17.9 Å². The van der Waals surface area contributed by atoms with Crippen molar-refractivity contribution in [3.05, 3.63) is 50.9 Å². The van der Waals surface area contributed by atoms with Crippen LogP contribution in [0.4, 0.5) is 10.1 Å². The molecule has 3 aromatic rings. The number of rotatable bonds is 3. The molecule has 0 bridgehead atoms. The summed E-state index contributed by atoms with van der Waals surface area (Å²) in [5, 5.41) is 11.3. The number of nitrogens with one attached hydrogen (secondary N) is 1. The van der Waals surface area contributed by atoms with Crippen LogP contribution in [0.2, 0.25) is 0 Å². The van der Waals surface area contributed by atoms with Crippen molar-refractivity contribution in [3.8, 4) is 0 Å². The van der Waals surface area contributed by atoms with E-state index in [1.807, 2.05) is 0 Å². The molecule has 0 radical (unpaired) electrons. The molecule has 2 heterocycles. The largest absolute Gasteiger partial charge is 0.324 e. The zero-order chi connectivity index (χ0) is 18.3. The minimum Gasteiger partial charge on any atom is -0.324 e. The highest BCUT2D eigenvalue weighted by Crippen LogP contribution is 2.35. The summed E-state index contributed by atoms with van der Waals surface area (Å²) in [6, 6.07) is 5.43. The van der Waals surface area contributed by atoms with Crippen LogP contribution in [-0.4, -0.2) is 20.9 Å². The van der Waals surface area contributed by atoms with Gasteiger partial charge in [-0.3, -0.25) is 9.59 Å². The molecular formula is C18H17FN4O2S. The Morgan fingerprint density at radius 3 is 2.92 bits per heavy atom. The Morgan fingerprint density at radius 2 is 2.15 bits per heavy atom. The maximum atomic E-state index is 12.9. The van der Waals surface area contributed by atoms with Crippen molar-refractivity contribution >= 4 is 33.1 Å². The molecule has 2 aromatic heterocycles. The lowest BCUT2D eigenvalue weighted by Gasteiger charge is -2.17. The summed E-state index contributed by atoms with van der Waals surface area (Å²) in [5.41, 5.74) is 1.24. The average molecular weight is 372 g/mol. The monoisotopic (exact) mass is 372 g/mol. The van der Waals surface area contributed by atoms with Crippen LogP contribution in [0.5, 0.6) is 0 Å². The van der Waals surface area contributed by atoms with Crippen LogP contribution in [-0.2, 0) is 24.2 Å². The Balaban J connectivity index is 1.61. The first kappa shape index (κ1) is 16.8. The second kappa shape index (κ2) is 6.60. The number of hydrogen-bond donors (Lipinski definition) is 1. The summed E-state index contributed by atoms with van der Waals surface area (Å²) >= 11 is 1.53. The fourth-order valence-corrected chi connectivity index (χ4v) is 4.58. The van der Waals surface area contributed by atoms with Gasteiger partial charge in [-0.25, -0.2) is 9.07 Å². The minimum atomic E-state index is -0.412. The number of carbonyl (C=O) groups is 1. The van der Waals surface area contributed by atoms with Crippen LogP contribution in [0.25, 0.3) is 10.2 Å². The van der Waals surface area contributed by atoms with Crippen LogP contribution >= 0.6 is 11.3 Å². The normalized spacial score (nSPS) is 16.5. The number of halogens is 1. The van der Waals surface area contributed by atoms with Crippen molar-refractivity contribution < 1.29 is 9.18 Å². The second-order valence-corrected chi connectivity index (χ2v) is 7.72. The van der Waals surface area contributed by atoms with Gasteiger partial charge in [0.05, 0.1) is 5.39 Å². The van der Waals surface area contributed by atoms with Gasteiger partial charge in [-0.05, 0) is 55.0 Å². The Morgan fingerprint density at radius 1 is 1.38 bits per heavy atom. The molecule has 0 fully saturated rings. The quantitative estimate of drug-likeness (QED) is 0.767. The molecule has 26 heavy (non-hydrogen) atoms. The topological polar surface area (TPSA) is 76.9 Å². The highest BCUT2D eigenvalue weighted by molar-refractivity contribution is 7.18. The van der Waals surface area contributed by atoms with E-state index in [4.69, 9.17) is 0 Å². The molecule has 0 saturated heterocycles. The molecule has 1 unspecified atom stereocenters. The lowest BCUT2D eigenvalue weighted by molar-refractivity contribution is -0.117. The zero-order valence-electron chi connectivity index (χ0n) is 14.2. The Hall–Kier alpha value is -2.61. The van der Waals surface area contributed by atoms with Crippen molar-refractivity contribution in [2.75, 3.05) is 5.32 Å².